The van der Waals surface area contributed by atoms with Crippen molar-refractivity contribution in [2.45, 2.75) is 113 Å². The van der Waals surface area contributed by atoms with Crippen LogP contribution in [0.4, 0.5) is 0 Å². The molecule has 0 unspecified atom stereocenters. The van der Waals surface area contributed by atoms with Crippen LogP contribution in [0.2, 0.25) is 0 Å². The van der Waals surface area contributed by atoms with E-state index in [0.29, 0.717) is 0 Å². The summed E-state index contributed by atoms with van der Waals surface area (Å²) in [7, 11) is 0. The minimum Gasteiger partial charge on any atom is -0.494 e. The lowest BCUT2D eigenvalue weighted by Crippen LogP contribution is -2.16. The van der Waals surface area contributed by atoms with E-state index in [2.05, 4.69) is 83.3 Å². The van der Waals surface area contributed by atoms with Gasteiger partial charge >= 0.3 is 0 Å². The number of hydrogen-bond acceptors (Lipinski definition) is 2. The largest absolute Gasteiger partial charge is 0.494 e. The van der Waals surface area contributed by atoms with Crippen molar-refractivity contribution in [3.8, 4) is 5.75 Å². The van der Waals surface area contributed by atoms with Crippen molar-refractivity contribution >= 4 is 0 Å². The van der Waals surface area contributed by atoms with Gasteiger partial charge in [0.2, 0.25) is 0 Å². The molecular formula is C32H57NO. The molecule has 196 valence electrons. The van der Waals surface area contributed by atoms with E-state index in [1.165, 1.54) is 55.2 Å². The molecule has 0 aromatic heterocycles. The van der Waals surface area contributed by atoms with Gasteiger partial charge in [-0.1, -0.05) is 104 Å². The topological polar surface area (TPSA) is 21.3 Å². The van der Waals surface area contributed by atoms with Crippen molar-refractivity contribution in [1.82, 2.24) is 5.32 Å². The molecule has 0 fully saturated rings. The summed E-state index contributed by atoms with van der Waals surface area (Å²) >= 11 is 0. The number of benzene rings is 1. The van der Waals surface area contributed by atoms with Crippen LogP contribution in [-0.4, -0.2) is 19.7 Å². The molecule has 0 atom stereocenters. The van der Waals surface area contributed by atoms with Gasteiger partial charge in [-0.15, -0.1) is 0 Å². The van der Waals surface area contributed by atoms with Gasteiger partial charge in [0.05, 0.1) is 6.61 Å². The fraction of sp³-hybridized carbons (Fsp3) is 0.688. The Morgan fingerprint density at radius 1 is 0.971 bits per heavy atom. The summed E-state index contributed by atoms with van der Waals surface area (Å²) < 4.78 is 6.02. The normalized spacial score (nSPS) is 13.6. The molecule has 0 aliphatic carbocycles. The Kier molecular flexibility index (Phi) is 21.0. The standard InChI is InChI=1S/C19H31NO.C11H20.C2H6/c1-3-5-16(6-4-2)11-14-21-19-8-7-17-9-12-20-13-10-18(17)15-19;1-5-7-8-11(6-2)9-10(3)4;1-2/h7-8,15-16,20H,3-6,9-14H2,1-2H3;6-8,10H,5,9H2,1-4H3;1-2H3/b;8-7-,11-6+;. The molecule has 1 heterocycles. The van der Waals surface area contributed by atoms with Crippen molar-refractivity contribution in [1.29, 1.82) is 0 Å². The highest BCUT2D eigenvalue weighted by atomic mass is 16.5. The van der Waals surface area contributed by atoms with Crippen molar-refractivity contribution in [2.24, 2.45) is 11.8 Å². The van der Waals surface area contributed by atoms with Gasteiger partial charge in [0.25, 0.3) is 0 Å². The Labute approximate surface area is 213 Å². The van der Waals surface area contributed by atoms with Gasteiger partial charge in [0, 0.05) is 0 Å². The van der Waals surface area contributed by atoms with Crippen LogP contribution in [0, 0.1) is 11.8 Å². The smallest absolute Gasteiger partial charge is 0.119 e. The third-order valence-corrected chi connectivity index (χ3v) is 6.09. The van der Waals surface area contributed by atoms with E-state index < -0.39 is 0 Å². The lowest BCUT2D eigenvalue weighted by Gasteiger charge is -2.16. The van der Waals surface area contributed by atoms with Gasteiger partial charge in [-0.05, 0) is 87.2 Å². The molecule has 1 aromatic carbocycles. The number of fused-ring (bicyclic) bond motifs is 1. The van der Waals surface area contributed by atoms with Crippen LogP contribution in [-0.2, 0) is 12.8 Å². The SMILES string of the molecule is C/C=C(\C=C/CC)CC(C)C.CC.CCCC(CCC)CCOc1ccc2c(c1)CCNCC2. The quantitative estimate of drug-likeness (QED) is 0.307. The average molecular weight is 472 g/mol. The van der Waals surface area contributed by atoms with E-state index in [9.17, 15) is 0 Å². The highest BCUT2D eigenvalue weighted by Crippen LogP contribution is 2.22. The van der Waals surface area contributed by atoms with Crippen LogP contribution in [0.5, 0.6) is 5.75 Å². The molecule has 0 bridgehead atoms. The van der Waals surface area contributed by atoms with E-state index in [4.69, 9.17) is 4.74 Å². The zero-order valence-electron chi connectivity index (χ0n) is 24.0. The van der Waals surface area contributed by atoms with E-state index in [-0.39, 0.29) is 0 Å². The molecule has 2 nitrogen and oxygen atoms in total. The van der Waals surface area contributed by atoms with E-state index in [0.717, 1.165) is 56.5 Å². The molecule has 1 aliphatic heterocycles. The van der Waals surface area contributed by atoms with Crippen LogP contribution >= 0.6 is 0 Å². The number of nitrogens with one attached hydrogen (secondary N) is 1. The fourth-order valence-corrected chi connectivity index (χ4v) is 4.36. The zero-order chi connectivity index (χ0) is 25.6. The van der Waals surface area contributed by atoms with Crippen molar-refractivity contribution in [3.63, 3.8) is 0 Å². The number of rotatable bonds is 12. The Hall–Kier alpha value is -1.54. The molecular weight excluding hydrogens is 414 g/mol. The monoisotopic (exact) mass is 471 g/mol. The highest BCUT2D eigenvalue weighted by Gasteiger charge is 2.10. The molecule has 1 aromatic rings. The summed E-state index contributed by atoms with van der Waals surface area (Å²) in [6.45, 7) is 20.4. The summed E-state index contributed by atoms with van der Waals surface area (Å²) in [6, 6.07) is 6.67. The van der Waals surface area contributed by atoms with Gasteiger partial charge in [-0.2, -0.15) is 0 Å². The summed E-state index contributed by atoms with van der Waals surface area (Å²) in [5.74, 6) is 2.66. The minimum absolute atomic E-state index is 0.766. The summed E-state index contributed by atoms with van der Waals surface area (Å²) in [6.07, 6.45) is 17.7. The third-order valence-electron chi connectivity index (χ3n) is 6.09. The zero-order valence-corrected chi connectivity index (χ0v) is 24.0. The summed E-state index contributed by atoms with van der Waals surface area (Å²) in [5, 5.41) is 3.46. The summed E-state index contributed by atoms with van der Waals surface area (Å²) in [4.78, 5) is 0. The third kappa shape index (κ3) is 15.4. The average Bonchev–Trinajstić information content (AvgIpc) is 3.08. The number of ether oxygens (including phenoxy) is 1. The van der Waals surface area contributed by atoms with Crippen molar-refractivity contribution in [3.05, 3.63) is 53.1 Å². The van der Waals surface area contributed by atoms with Crippen LogP contribution in [0.1, 0.15) is 111 Å². The summed E-state index contributed by atoms with van der Waals surface area (Å²) in [5.41, 5.74) is 4.42. The Bertz CT molecular complexity index is 653. The molecule has 0 radical (unpaired) electrons. The van der Waals surface area contributed by atoms with Crippen LogP contribution in [0.15, 0.2) is 42.0 Å². The van der Waals surface area contributed by atoms with E-state index in [1.807, 2.05) is 13.8 Å². The van der Waals surface area contributed by atoms with Gasteiger partial charge in [0.15, 0.2) is 0 Å². The molecule has 0 spiro atoms. The van der Waals surface area contributed by atoms with E-state index in [1.54, 1.807) is 0 Å². The maximum absolute atomic E-state index is 6.02. The molecule has 0 amide bonds. The molecule has 34 heavy (non-hydrogen) atoms. The Morgan fingerprint density at radius 3 is 2.18 bits per heavy atom. The van der Waals surface area contributed by atoms with Gasteiger partial charge < -0.3 is 10.1 Å². The van der Waals surface area contributed by atoms with Crippen molar-refractivity contribution in [2.75, 3.05) is 19.7 Å². The van der Waals surface area contributed by atoms with Crippen molar-refractivity contribution < 1.29 is 4.74 Å². The first-order chi connectivity index (χ1) is 16.5. The number of allylic oxidation sites excluding steroid dienone is 4. The molecule has 0 saturated carbocycles. The maximum Gasteiger partial charge on any atom is 0.119 e. The second kappa shape index (κ2) is 22.0. The maximum atomic E-state index is 6.02. The molecule has 1 N–H and O–H groups in total. The van der Waals surface area contributed by atoms with Gasteiger partial charge in [-0.25, -0.2) is 0 Å². The predicted molar refractivity (Wildman–Crippen MR) is 154 cm³/mol. The Morgan fingerprint density at radius 2 is 1.62 bits per heavy atom. The first-order valence-corrected chi connectivity index (χ1v) is 14.3. The highest BCUT2D eigenvalue weighted by molar-refractivity contribution is 5.36. The molecule has 0 saturated heterocycles. The van der Waals surface area contributed by atoms with E-state index >= 15 is 0 Å². The molecule has 2 rings (SSSR count). The minimum atomic E-state index is 0.766. The van der Waals surface area contributed by atoms with Crippen LogP contribution in [0.25, 0.3) is 0 Å². The lowest BCUT2D eigenvalue weighted by atomic mass is 9.95. The predicted octanol–water partition coefficient (Wildman–Crippen LogP) is 9.33. The Balaban J connectivity index is 0.000000712. The molecule has 2 heteroatoms. The van der Waals surface area contributed by atoms with Crippen LogP contribution < -0.4 is 10.1 Å². The second-order valence-corrected chi connectivity index (χ2v) is 9.53. The van der Waals surface area contributed by atoms with Crippen LogP contribution in [0.3, 0.4) is 0 Å². The second-order valence-electron chi connectivity index (χ2n) is 9.53. The first kappa shape index (κ1) is 32.5. The number of hydrogen-bond donors (Lipinski definition) is 1. The molecule has 1 aliphatic rings. The first-order valence-electron chi connectivity index (χ1n) is 14.3. The van der Waals surface area contributed by atoms with Gasteiger partial charge in [0.1, 0.15) is 5.75 Å². The lowest BCUT2D eigenvalue weighted by molar-refractivity contribution is 0.264. The fourth-order valence-electron chi connectivity index (χ4n) is 4.36. The van der Waals surface area contributed by atoms with Gasteiger partial charge in [-0.3, -0.25) is 0 Å².